The lowest BCUT2D eigenvalue weighted by atomic mass is 9.96. The smallest absolute Gasteiger partial charge is 0.308 e. The van der Waals surface area contributed by atoms with Crippen molar-refractivity contribution in [2.75, 3.05) is 0 Å². The molecule has 84 heavy (non-hydrogen) atoms. The molecule has 0 bridgehead atoms. The van der Waals surface area contributed by atoms with Gasteiger partial charge in [-0.2, -0.15) is 57.9 Å². The molecule has 3 heterocycles. The summed E-state index contributed by atoms with van der Waals surface area (Å²) in [5.41, 5.74) is 4.59. The average molecular weight is 1140 g/mol. The van der Waals surface area contributed by atoms with Gasteiger partial charge in [0.2, 0.25) is 0 Å². The van der Waals surface area contributed by atoms with E-state index < -0.39 is 52.5 Å². The monoisotopic (exact) mass is 1140 g/mol. The highest BCUT2D eigenvalue weighted by atomic mass is 19.4. The van der Waals surface area contributed by atoms with Gasteiger partial charge in [0.1, 0.15) is 0 Å². The largest absolute Gasteiger partial charge is 0.416 e. The second kappa shape index (κ2) is 19.8. The van der Waals surface area contributed by atoms with E-state index in [1.807, 2.05) is 66.9 Å². The summed E-state index contributed by atoms with van der Waals surface area (Å²) < 4.78 is 176. The number of pyridine rings is 1. The minimum Gasteiger partial charge on any atom is -0.308 e. The molecule has 0 spiro atoms. The molecule has 3 aromatic heterocycles. The maximum Gasteiger partial charge on any atom is 0.416 e. The zero-order valence-corrected chi connectivity index (χ0v) is 44.6. The summed E-state index contributed by atoms with van der Waals surface area (Å²) in [7, 11) is 0. The standard InChI is InChI=1S/C68H42F12N4/c1-36-17-37(2)19-46(18-36)42-5-9-58-54(30-42)55-31-43(47-20-38(3)22-50(26-47)65(69,70)71)6-10-59(55)83(58)62-24-40(35-81)25-63(64(62)41-13-15-82-16-14-41)84-60-11-7-44(48-21-39(4)23-51(27-48)66(72,73)74)32-56(60)57-33-45(8-12-61(57)84)49-28-52(67(75,76)77)34-53(29-49)68(78,79)80/h5-34H,1-4H3. The molecule has 0 saturated carbocycles. The van der Waals surface area contributed by atoms with Gasteiger partial charge in [0.25, 0.3) is 0 Å². The van der Waals surface area contributed by atoms with Crippen LogP contribution in [0.5, 0.6) is 0 Å². The average Bonchev–Trinajstić information content (AvgIpc) is 2.44. The van der Waals surface area contributed by atoms with Crippen molar-refractivity contribution in [1.29, 1.82) is 5.26 Å². The normalized spacial score (nSPS) is 12.5. The predicted molar refractivity (Wildman–Crippen MR) is 304 cm³/mol. The molecular weight excluding hydrogens is 1100 g/mol. The van der Waals surface area contributed by atoms with Gasteiger partial charge in [-0.05, 0) is 204 Å². The third-order valence-corrected chi connectivity index (χ3v) is 15.2. The van der Waals surface area contributed by atoms with Gasteiger partial charge < -0.3 is 9.13 Å². The number of aryl methyl sites for hydroxylation is 4. The molecule has 0 radical (unpaired) electrons. The van der Waals surface area contributed by atoms with Crippen LogP contribution in [0.15, 0.2) is 182 Å². The molecule has 0 N–H and O–H groups in total. The molecular formula is C68H42F12N4. The summed E-state index contributed by atoms with van der Waals surface area (Å²) in [6.07, 6.45) is -16.5. The summed E-state index contributed by atoms with van der Waals surface area (Å²) in [5.74, 6) is 0. The maximum absolute atomic E-state index is 14.3. The first-order valence-electron chi connectivity index (χ1n) is 26.1. The van der Waals surface area contributed by atoms with E-state index in [1.165, 1.54) is 25.1 Å². The minimum absolute atomic E-state index is 0.0365. The van der Waals surface area contributed by atoms with E-state index in [1.54, 1.807) is 84.5 Å². The molecule has 0 atom stereocenters. The first-order chi connectivity index (χ1) is 39.7. The number of fused-ring (bicyclic) bond motifs is 6. The van der Waals surface area contributed by atoms with E-state index in [-0.39, 0.29) is 28.1 Å². The highest BCUT2D eigenvalue weighted by Gasteiger charge is 2.38. The van der Waals surface area contributed by atoms with Gasteiger partial charge in [-0.15, -0.1) is 0 Å². The quantitative estimate of drug-likeness (QED) is 0.149. The van der Waals surface area contributed by atoms with E-state index in [9.17, 15) is 57.9 Å². The molecule has 0 aliphatic carbocycles. The number of rotatable bonds is 7. The number of aromatic nitrogens is 3. The fourth-order valence-electron chi connectivity index (χ4n) is 11.6. The fraction of sp³-hybridized carbons (Fsp3) is 0.118. The summed E-state index contributed by atoms with van der Waals surface area (Å²) in [4.78, 5) is 4.31. The van der Waals surface area contributed by atoms with E-state index in [4.69, 9.17) is 0 Å². The van der Waals surface area contributed by atoms with Crippen LogP contribution < -0.4 is 0 Å². The Hall–Kier alpha value is -9.62. The Labute approximate surface area is 471 Å². The fourth-order valence-corrected chi connectivity index (χ4v) is 11.6. The minimum atomic E-state index is -5.16. The van der Waals surface area contributed by atoms with Crippen molar-refractivity contribution in [1.82, 2.24) is 14.1 Å². The van der Waals surface area contributed by atoms with Crippen LogP contribution in [0.3, 0.4) is 0 Å². The molecule has 0 saturated heterocycles. The number of alkyl halides is 12. The van der Waals surface area contributed by atoms with Crippen LogP contribution in [0.4, 0.5) is 52.7 Å². The van der Waals surface area contributed by atoms with E-state index in [2.05, 4.69) is 11.1 Å². The summed E-state index contributed by atoms with van der Waals surface area (Å²) >= 11 is 0. The molecule has 418 valence electrons. The second-order valence-corrected chi connectivity index (χ2v) is 21.2. The van der Waals surface area contributed by atoms with Crippen molar-refractivity contribution in [3.05, 3.63) is 232 Å². The molecule has 16 heteroatoms. The number of hydrogen-bond donors (Lipinski definition) is 0. The first kappa shape index (κ1) is 54.9. The van der Waals surface area contributed by atoms with Gasteiger partial charge >= 0.3 is 24.7 Å². The van der Waals surface area contributed by atoms with Crippen LogP contribution in [0.1, 0.15) is 50.1 Å². The third kappa shape index (κ3) is 9.96. The van der Waals surface area contributed by atoms with Crippen LogP contribution >= 0.6 is 0 Å². The molecule has 0 aliphatic heterocycles. The van der Waals surface area contributed by atoms with Crippen molar-refractivity contribution in [3.63, 3.8) is 0 Å². The van der Waals surface area contributed by atoms with Gasteiger partial charge in [-0.3, -0.25) is 4.98 Å². The van der Waals surface area contributed by atoms with Gasteiger partial charge in [0.05, 0.1) is 67.3 Å². The van der Waals surface area contributed by atoms with Crippen LogP contribution in [0.2, 0.25) is 0 Å². The van der Waals surface area contributed by atoms with Crippen molar-refractivity contribution in [2.45, 2.75) is 52.4 Å². The number of halogens is 12. The number of hydrogen-bond acceptors (Lipinski definition) is 2. The van der Waals surface area contributed by atoms with Crippen LogP contribution in [-0.2, 0) is 24.7 Å². The van der Waals surface area contributed by atoms with Gasteiger partial charge in [0.15, 0.2) is 0 Å². The SMILES string of the molecule is Cc1cc(C)cc(-c2ccc3c(c2)c2cc(-c4cc(C)cc(C(F)(F)F)c4)ccc2n3-c2cc(C#N)cc(-n3c4ccc(-c5cc(C)cc(C(F)(F)F)c5)cc4c4cc(-c5cc(C(F)(F)F)cc(C(F)(F)F)c5)ccc43)c2-c2ccncc2)c1. The van der Waals surface area contributed by atoms with E-state index in [0.717, 1.165) is 46.5 Å². The zero-order chi connectivity index (χ0) is 59.5. The number of benzene rings is 9. The third-order valence-electron chi connectivity index (χ3n) is 15.2. The zero-order valence-electron chi connectivity index (χ0n) is 44.6. The highest BCUT2D eigenvalue weighted by molar-refractivity contribution is 6.14. The molecule has 0 unspecified atom stereocenters. The topological polar surface area (TPSA) is 46.5 Å². The Morgan fingerprint density at radius 2 is 0.619 bits per heavy atom. The van der Waals surface area contributed by atoms with E-state index >= 15 is 0 Å². The first-order valence-corrected chi connectivity index (χ1v) is 26.1. The maximum atomic E-state index is 14.3. The van der Waals surface area contributed by atoms with Gasteiger partial charge in [-0.1, -0.05) is 65.7 Å². The molecule has 12 aromatic rings. The molecule has 12 rings (SSSR count). The Morgan fingerprint density at radius 1 is 0.321 bits per heavy atom. The molecule has 0 aliphatic rings. The van der Waals surface area contributed by atoms with Crippen LogP contribution in [-0.4, -0.2) is 14.1 Å². The van der Waals surface area contributed by atoms with E-state index in [0.29, 0.717) is 101 Å². The highest BCUT2D eigenvalue weighted by Crippen LogP contribution is 2.47. The Morgan fingerprint density at radius 3 is 0.940 bits per heavy atom. The lowest BCUT2D eigenvalue weighted by Crippen LogP contribution is -2.11. The summed E-state index contributed by atoms with van der Waals surface area (Å²) in [5, 5.41) is 13.1. The molecule has 9 aromatic carbocycles. The Kier molecular flexibility index (Phi) is 12.9. The Balaban J connectivity index is 1.18. The van der Waals surface area contributed by atoms with Crippen LogP contribution in [0, 0.1) is 39.0 Å². The lowest BCUT2D eigenvalue weighted by molar-refractivity contribution is -0.143. The number of nitrogens with zero attached hydrogens (tertiary/aromatic N) is 4. The summed E-state index contributed by atoms with van der Waals surface area (Å²) in [6.45, 7) is 7.08. The predicted octanol–water partition coefficient (Wildman–Crippen LogP) is 20.8. The van der Waals surface area contributed by atoms with Crippen molar-refractivity contribution < 1.29 is 52.7 Å². The van der Waals surface area contributed by atoms with Crippen molar-refractivity contribution in [3.8, 4) is 73.1 Å². The van der Waals surface area contributed by atoms with Gasteiger partial charge in [-0.25, -0.2) is 0 Å². The lowest BCUT2D eigenvalue weighted by Gasteiger charge is -2.21. The molecule has 4 nitrogen and oxygen atoms in total. The molecule has 0 amide bonds. The van der Waals surface area contributed by atoms with Crippen molar-refractivity contribution in [2.24, 2.45) is 0 Å². The van der Waals surface area contributed by atoms with Crippen LogP contribution in [0.25, 0.3) is 111 Å². The van der Waals surface area contributed by atoms with Gasteiger partial charge in [0, 0.05) is 39.5 Å². The summed E-state index contributed by atoms with van der Waals surface area (Å²) in [6, 6.07) is 44.5. The number of nitriles is 1. The second-order valence-electron chi connectivity index (χ2n) is 21.2. The Bertz CT molecular complexity index is 4670. The molecule has 0 fully saturated rings. The van der Waals surface area contributed by atoms with Crippen molar-refractivity contribution >= 4 is 43.6 Å².